The molecule has 1 heterocycles. The molecule has 1 aliphatic heterocycles. The molecule has 28 heavy (non-hydrogen) atoms. The standard InChI is InChI=1S/C22H31N3O3/c1-16-14-25(15-17(2)28-16)10-4-9-23-22(26)24-13-18-5-6-20-12-21(27-3)8-7-19(20)11-18/h5-8,11-12,16-17H,4,9-10,13-15H2,1-3H3,(H2,23,24,26). The van der Waals surface area contributed by atoms with Crippen LogP contribution in [0.15, 0.2) is 36.4 Å². The van der Waals surface area contributed by atoms with Crippen molar-refractivity contribution < 1.29 is 14.3 Å². The number of hydrogen-bond acceptors (Lipinski definition) is 4. The minimum absolute atomic E-state index is 0.126. The van der Waals surface area contributed by atoms with E-state index in [9.17, 15) is 4.79 Å². The van der Waals surface area contributed by atoms with Crippen LogP contribution < -0.4 is 15.4 Å². The van der Waals surface area contributed by atoms with Gasteiger partial charge in [-0.1, -0.05) is 18.2 Å². The second-order valence-electron chi connectivity index (χ2n) is 7.53. The summed E-state index contributed by atoms with van der Waals surface area (Å²) in [5.41, 5.74) is 1.07. The minimum Gasteiger partial charge on any atom is -0.497 e. The molecule has 1 aliphatic rings. The molecule has 0 aliphatic carbocycles. The van der Waals surface area contributed by atoms with E-state index in [4.69, 9.17) is 9.47 Å². The summed E-state index contributed by atoms with van der Waals surface area (Å²) in [5, 5.41) is 8.13. The minimum atomic E-state index is -0.126. The van der Waals surface area contributed by atoms with Crippen LogP contribution in [-0.2, 0) is 11.3 Å². The Balaban J connectivity index is 1.38. The molecule has 1 saturated heterocycles. The Labute approximate surface area is 167 Å². The summed E-state index contributed by atoms with van der Waals surface area (Å²) in [6.07, 6.45) is 1.50. The van der Waals surface area contributed by atoms with E-state index >= 15 is 0 Å². The molecule has 1 fully saturated rings. The highest BCUT2D eigenvalue weighted by molar-refractivity contribution is 5.84. The predicted octanol–water partition coefficient (Wildman–Crippen LogP) is 3.15. The maximum Gasteiger partial charge on any atom is 0.315 e. The number of morpholine rings is 1. The van der Waals surface area contributed by atoms with Gasteiger partial charge in [0, 0.05) is 32.7 Å². The number of ether oxygens (including phenoxy) is 2. The maximum atomic E-state index is 12.0. The molecule has 2 atom stereocenters. The number of carbonyl (C=O) groups excluding carboxylic acids is 1. The molecule has 6 nitrogen and oxygen atoms in total. The summed E-state index contributed by atoms with van der Waals surface area (Å²) < 4.78 is 11.0. The van der Waals surface area contributed by atoms with Gasteiger partial charge in [0.05, 0.1) is 19.3 Å². The number of rotatable bonds is 7. The van der Waals surface area contributed by atoms with Crippen LogP contribution in [0.3, 0.4) is 0 Å². The predicted molar refractivity (Wildman–Crippen MR) is 112 cm³/mol. The zero-order chi connectivity index (χ0) is 19.9. The number of amides is 2. The Morgan fingerprint density at radius 3 is 2.57 bits per heavy atom. The van der Waals surface area contributed by atoms with Gasteiger partial charge < -0.3 is 20.1 Å². The molecule has 0 spiro atoms. The van der Waals surface area contributed by atoms with E-state index in [-0.39, 0.29) is 18.2 Å². The van der Waals surface area contributed by atoms with Crippen LogP contribution in [0.5, 0.6) is 5.75 Å². The van der Waals surface area contributed by atoms with Crippen molar-refractivity contribution in [2.24, 2.45) is 0 Å². The van der Waals surface area contributed by atoms with Gasteiger partial charge in [0.1, 0.15) is 5.75 Å². The molecule has 2 aromatic rings. The zero-order valence-corrected chi connectivity index (χ0v) is 17.0. The van der Waals surface area contributed by atoms with Crippen LogP contribution in [0.1, 0.15) is 25.8 Å². The number of benzene rings is 2. The second kappa shape index (κ2) is 9.75. The van der Waals surface area contributed by atoms with Crippen molar-refractivity contribution in [1.29, 1.82) is 0 Å². The van der Waals surface area contributed by atoms with Gasteiger partial charge in [-0.2, -0.15) is 0 Å². The van der Waals surface area contributed by atoms with Crippen molar-refractivity contribution >= 4 is 16.8 Å². The van der Waals surface area contributed by atoms with Crippen LogP contribution >= 0.6 is 0 Å². The summed E-state index contributed by atoms with van der Waals surface area (Å²) in [4.78, 5) is 14.5. The SMILES string of the molecule is COc1ccc2cc(CNC(=O)NCCCN3CC(C)OC(C)C3)ccc2c1. The normalized spacial score (nSPS) is 20.1. The molecule has 0 saturated carbocycles. The number of hydrogen-bond donors (Lipinski definition) is 2. The molecular formula is C22H31N3O3. The first kappa shape index (κ1) is 20.4. The van der Waals surface area contributed by atoms with Crippen molar-refractivity contribution in [2.75, 3.05) is 33.3 Å². The fourth-order valence-corrected chi connectivity index (χ4v) is 3.73. The summed E-state index contributed by atoms with van der Waals surface area (Å²) >= 11 is 0. The largest absolute Gasteiger partial charge is 0.497 e. The Bertz CT molecular complexity index is 786. The highest BCUT2D eigenvalue weighted by Gasteiger charge is 2.21. The lowest BCUT2D eigenvalue weighted by molar-refractivity contribution is -0.0679. The first-order valence-electron chi connectivity index (χ1n) is 9.99. The summed E-state index contributed by atoms with van der Waals surface area (Å²) in [7, 11) is 1.67. The van der Waals surface area contributed by atoms with Gasteiger partial charge in [-0.3, -0.25) is 4.90 Å². The lowest BCUT2D eigenvalue weighted by Gasteiger charge is -2.35. The Hall–Kier alpha value is -2.31. The van der Waals surface area contributed by atoms with Crippen LogP contribution in [0.4, 0.5) is 4.79 Å². The third kappa shape index (κ3) is 5.84. The van der Waals surface area contributed by atoms with E-state index in [0.717, 1.165) is 48.1 Å². The van der Waals surface area contributed by atoms with Gasteiger partial charge in [0.15, 0.2) is 0 Å². The average molecular weight is 386 g/mol. The molecule has 2 N–H and O–H groups in total. The van der Waals surface area contributed by atoms with Gasteiger partial charge in [-0.15, -0.1) is 0 Å². The van der Waals surface area contributed by atoms with Crippen LogP contribution in [-0.4, -0.2) is 56.4 Å². The lowest BCUT2D eigenvalue weighted by atomic mass is 10.1. The fraction of sp³-hybridized carbons (Fsp3) is 0.500. The fourth-order valence-electron chi connectivity index (χ4n) is 3.73. The van der Waals surface area contributed by atoms with Crippen LogP contribution in [0.25, 0.3) is 10.8 Å². The Morgan fingerprint density at radius 1 is 1.11 bits per heavy atom. The highest BCUT2D eigenvalue weighted by Crippen LogP contribution is 2.21. The monoisotopic (exact) mass is 385 g/mol. The van der Waals surface area contributed by atoms with E-state index < -0.39 is 0 Å². The summed E-state index contributed by atoms with van der Waals surface area (Å²) in [5.74, 6) is 0.846. The maximum absolute atomic E-state index is 12.0. The van der Waals surface area contributed by atoms with E-state index in [0.29, 0.717) is 13.1 Å². The van der Waals surface area contributed by atoms with Crippen LogP contribution in [0, 0.1) is 0 Å². The number of fused-ring (bicyclic) bond motifs is 1. The van der Waals surface area contributed by atoms with Crippen molar-refractivity contribution in [3.63, 3.8) is 0 Å². The molecule has 0 aromatic heterocycles. The highest BCUT2D eigenvalue weighted by atomic mass is 16.5. The Morgan fingerprint density at radius 2 is 1.82 bits per heavy atom. The smallest absolute Gasteiger partial charge is 0.315 e. The van der Waals surface area contributed by atoms with Crippen molar-refractivity contribution in [3.05, 3.63) is 42.0 Å². The zero-order valence-electron chi connectivity index (χ0n) is 17.0. The second-order valence-corrected chi connectivity index (χ2v) is 7.53. The van der Waals surface area contributed by atoms with Gasteiger partial charge in [0.2, 0.25) is 0 Å². The first-order chi connectivity index (χ1) is 13.5. The average Bonchev–Trinajstić information content (AvgIpc) is 2.68. The summed E-state index contributed by atoms with van der Waals surface area (Å²) in [6.45, 7) is 8.30. The number of methoxy groups -OCH3 is 1. The third-order valence-corrected chi connectivity index (χ3v) is 5.00. The van der Waals surface area contributed by atoms with Gasteiger partial charge in [-0.25, -0.2) is 4.79 Å². The number of carbonyl (C=O) groups is 1. The van der Waals surface area contributed by atoms with Gasteiger partial charge in [0.25, 0.3) is 0 Å². The molecule has 2 amide bonds. The van der Waals surface area contributed by atoms with Crippen molar-refractivity contribution in [3.8, 4) is 5.75 Å². The first-order valence-corrected chi connectivity index (χ1v) is 9.99. The lowest BCUT2D eigenvalue weighted by Crippen LogP contribution is -2.46. The van der Waals surface area contributed by atoms with E-state index in [1.54, 1.807) is 7.11 Å². The molecule has 6 heteroatoms. The number of nitrogens with one attached hydrogen (secondary N) is 2. The molecule has 152 valence electrons. The molecular weight excluding hydrogens is 354 g/mol. The van der Waals surface area contributed by atoms with E-state index in [2.05, 4.69) is 41.5 Å². The molecule has 0 bridgehead atoms. The summed E-state index contributed by atoms with van der Waals surface area (Å²) in [6, 6.07) is 12.0. The Kier molecular flexibility index (Phi) is 7.12. The number of nitrogens with zero attached hydrogens (tertiary/aromatic N) is 1. The third-order valence-electron chi connectivity index (χ3n) is 5.00. The topological polar surface area (TPSA) is 62.8 Å². The van der Waals surface area contributed by atoms with Crippen LogP contribution in [0.2, 0.25) is 0 Å². The van der Waals surface area contributed by atoms with E-state index in [1.165, 1.54) is 0 Å². The quantitative estimate of drug-likeness (QED) is 0.719. The van der Waals surface area contributed by atoms with Crippen molar-refractivity contribution in [2.45, 2.75) is 39.0 Å². The number of urea groups is 1. The molecule has 0 radical (unpaired) electrons. The molecule has 2 aromatic carbocycles. The van der Waals surface area contributed by atoms with E-state index in [1.807, 2.05) is 24.3 Å². The van der Waals surface area contributed by atoms with Crippen molar-refractivity contribution in [1.82, 2.24) is 15.5 Å². The van der Waals surface area contributed by atoms with Gasteiger partial charge >= 0.3 is 6.03 Å². The van der Waals surface area contributed by atoms with Gasteiger partial charge in [-0.05, 0) is 54.8 Å². The molecule has 3 rings (SSSR count). The molecule has 2 unspecified atom stereocenters.